The number of nitrogens with one attached hydrogen (secondary N) is 1. The molecule has 140 valence electrons. The zero-order valence-corrected chi connectivity index (χ0v) is 15.8. The number of nitro groups is 1. The van der Waals surface area contributed by atoms with Gasteiger partial charge in [0.25, 0.3) is 5.91 Å². The van der Waals surface area contributed by atoms with Crippen LogP contribution in [0.15, 0.2) is 36.5 Å². The number of benzene rings is 1. The summed E-state index contributed by atoms with van der Waals surface area (Å²) in [7, 11) is 0. The van der Waals surface area contributed by atoms with Crippen LogP contribution in [-0.2, 0) is 11.3 Å². The molecule has 0 radical (unpaired) electrons. The third-order valence-corrected chi connectivity index (χ3v) is 4.01. The number of ether oxygens (including phenoxy) is 1. The molecule has 11 heteroatoms. The smallest absolute Gasteiger partial charge is 0.342 e. The largest absolute Gasteiger partial charge is 0.358 e. The van der Waals surface area contributed by atoms with E-state index in [2.05, 4.69) is 10.3 Å². The Kier molecular flexibility index (Phi) is 6.82. The molecule has 1 heterocycles. The van der Waals surface area contributed by atoms with Crippen LogP contribution in [0.2, 0.25) is 0 Å². The van der Waals surface area contributed by atoms with Crippen LogP contribution in [-0.4, -0.2) is 37.0 Å². The summed E-state index contributed by atoms with van der Waals surface area (Å²) in [5, 5.41) is 13.5. The molecular weight excluding hydrogens is 407 g/mol. The molecule has 0 saturated carbocycles. The van der Waals surface area contributed by atoms with Crippen molar-refractivity contribution in [2.24, 2.45) is 0 Å². The van der Waals surface area contributed by atoms with E-state index in [0.29, 0.717) is 11.4 Å². The summed E-state index contributed by atoms with van der Waals surface area (Å²) >= 11 is 17.6. The van der Waals surface area contributed by atoms with E-state index >= 15 is 0 Å². The first kappa shape index (κ1) is 20.4. The van der Waals surface area contributed by atoms with Crippen LogP contribution < -0.4 is 5.32 Å². The number of carbonyl (C=O) groups excluding carboxylic acids is 1. The van der Waals surface area contributed by atoms with Gasteiger partial charge in [-0.15, -0.1) is 0 Å². The van der Waals surface area contributed by atoms with Gasteiger partial charge in [0.15, 0.2) is 12.1 Å². The summed E-state index contributed by atoms with van der Waals surface area (Å²) in [5.74, 6) is -0.212. The van der Waals surface area contributed by atoms with Gasteiger partial charge in [-0.05, 0) is 17.1 Å². The molecule has 1 N–H and O–H groups in total. The molecule has 0 fully saturated rings. The maximum absolute atomic E-state index is 12.2. The lowest BCUT2D eigenvalue weighted by Gasteiger charge is -2.25. The Morgan fingerprint density at radius 3 is 2.62 bits per heavy atom. The second-order valence-corrected chi connectivity index (χ2v) is 7.57. The Hall–Kier alpha value is -1.87. The fourth-order valence-electron chi connectivity index (χ4n) is 2.15. The molecule has 2 rings (SSSR count). The highest BCUT2D eigenvalue weighted by Crippen LogP contribution is 2.31. The first-order valence-corrected chi connectivity index (χ1v) is 8.54. The van der Waals surface area contributed by atoms with Crippen LogP contribution in [0, 0.1) is 17.0 Å². The van der Waals surface area contributed by atoms with E-state index < -0.39 is 20.9 Å². The van der Waals surface area contributed by atoms with Gasteiger partial charge in [0.1, 0.15) is 12.7 Å². The minimum absolute atomic E-state index is 0.0499. The van der Waals surface area contributed by atoms with Crippen LogP contribution in [0.25, 0.3) is 0 Å². The van der Waals surface area contributed by atoms with E-state index in [1.807, 2.05) is 0 Å². The molecule has 1 atom stereocenters. The van der Waals surface area contributed by atoms with E-state index in [1.165, 1.54) is 4.57 Å². The van der Waals surface area contributed by atoms with E-state index in [1.54, 1.807) is 37.3 Å². The van der Waals surface area contributed by atoms with Gasteiger partial charge < -0.3 is 20.2 Å². The minimum atomic E-state index is -1.93. The second kappa shape index (κ2) is 8.68. The molecule has 26 heavy (non-hydrogen) atoms. The normalized spacial score (nSPS) is 12.6. The van der Waals surface area contributed by atoms with Crippen molar-refractivity contribution in [1.29, 1.82) is 0 Å². The number of amides is 1. The topological polar surface area (TPSA) is 99.3 Å². The lowest BCUT2D eigenvalue weighted by atomic mass is 10.2. The van der Waals surface area contributed by atoms with Gasteiger partial charge in [-0.3, -0.25) is 4.79 Å². The van der Waals surface area contributed by atoms with Gasteiger partial charge in [-0.1, -0.05) is 53.0 Å². The van der Waals surface area contributed by atoms with E-state index in [0.717, 1.165) is 6.20 Å². The number of hydrogen-bond donors (Lipinski definition) is 1. The monoisotopic (exact) mass is 420 g/mol. The van der Waals surface area contributed by atoms with Crippen molar-refractivity contribution in [1.82, 2.24) is 14.9 Å². The molecule has 8 nitrogen and oxygen atoms in total. The molecule has 0 bridgehead atoms. The summed E-state index contributed by atoms with van der Waals surface area (Å²) in [6.45, 7) is 1.67. The fourth-order valence-corrected chi connectivity index (χ4v) is 2.50. The van der Waals surface area contributed by atoms with Crippen LogP contribution in [0.4, 0.5) is 5.82 Å². The molecule has 0 aliphatic carbocycles. The van der Waals surface area contributed by atoms with Crippen molar-refractivity contribution in [3.63, 3.8) is 0 Å². The average Bonchev–Trinajstić information content (AvgIpc) is 2.95. The number of rotatable bonds is 7. The van der Waals surface area contributed by atoms with Crippen molar-refractivity contribution < 1.29 is 14.5 Å². The Morgan fingerprint density at radius 1 is 1.38 bits per heavy atom. The van der Waals surface area contributed by atoms with Crippen molar-refractivity contribution in [3.8, 4) is 0 Å². The average molecular weight is 422 g/mol. The van der Waals surface area contributed by atoms with Crippen LogP contribution >= 0.6 is 34.8 Å². The van der Waals surface area contributed by atoms with Gasteiger partial charge in [0.05, 0.1) is 6.61 Å². The molecule has 0 aliphatic rings. The molecule has 1 aromatic carbocycles. The third-order valence-electron chi connectivity index (χ3n) is 3.42. The van der Waals surface area contributed by atoms with Crippen LogP contribution in [0.5, 0.6) is 0 Å². The Morgan fingerprint density at radius 2 is 2.04 bits per heavy atom. The third kappa shape index (κ3) is 5.31. The summed E-state index contributed by atoms with van der Waals surface area (Å²) in [6.07, 6.45) is -0.0954. The van der Waals surface area contributed by atoms with Gasteiger partial charge in [0, 0.05) is 12.5 Å². The van der Waals surface area contributed by atoms with Gasteiger partial charge in [-0.2, -0.15) is 0 Å². The lowest BCUT2D eigenvalue weighted by Crippen LogP contribution is -2.46. The van der Waals surface area contributed by atoms with Crippen molar-refractivity contribution in [2.45, 2.75) is 23.5 Å². The number of imidazole rings is 1. The number of aromatic nitrogens is 2. The lowest BCUT2D eigenvalue weighted by molar-refractivity contribution is -0.392. The van der Waals surface area contributed by atoms with Crippen LogP contribution in [0.1, 0.15) is 16.2 Å². The number of nitrogens with zero attached hydrogens (tertiary/aromatic N) is 3. The number of aryl methyl sites for hydroxylation is 1. The molecule has 0 saturated heterocycles. The second-order valence-electron chi connectivity index (χ2n) is 5.20. The zero-order chi connectivity index (χ0) is 19.3. The minimum Gasteiger partial charge on any atom is -0.358 e. The summed E-state index contributed by atoms with van der Waals surface area (Å²) < 4.78 is 4.89. The van der Waals surface area contributed by atoms with Gasteiger partial charge >= 0.3 is 5.82 Å². The first-order chi connectivity index (χ1) is 12.2. The Bertz CT molecular complexity index is 777. The summed E-state index contributed by atoms with van der Waals surface area (Å²) in [5.41, 5.74) is 0.372. The van der Waals surface area contributed by atoms with Crippen molar-refractivity contribution in [3.05, 3.63) is 58.0 Å². The summed E-state index contributed by atoms with van der Waals surface area (Å²) in [6, 6.07) is 8.36. The van der Waals surface area contributed by atoms with Crippen molar-refractivity contribution >= 4 is 46.5 Å². The number of halogens is 3. The molecule has 0 aliphatic heterocycles. The van der Waals surface area contributed by atoms with Crippen LogP contribution in [0.3, 0.4) is 0 Å². The maximum Gasteiger partial charge on any atom is 0.342 e. The highest BCUT2D eigenvalue weighted by Gasteiger charge is 2.35. The predicted molar refractivity (Wildman–Crippen MR) is 97.6 cm³/mol. The standard InChI is InChI=1S/C15H15Cl3N4O4/c1-10-19-9-12(22(24)25)21(10)7-8-26-14(15(16,17)18)20-13(23)11-5-3-2-4-6-11/h2-6,9,14H,7-8H2,1H3,(H,20,23). The number of hydrogen-bond acceptors (Lipinski definition) is 5. The number of alkyl halides is 3. The highest BCUT2D eigenvalue weighted by molar-refractivity contribution is 6.68. The molecule has 1 unspecified atom stereocenters. The molecular formula is C15H15Cl3N4O4. The summed E-state index contributed by atoms with van der Waals surface area (Å²) in [4.78, 5) is 26.5. The predicted octanol–water partition coefficient (Wildman–Crippen LogP) is 3.24. The van der Waals surface area contributed by atoms with E-state index in [-0.39, 0.29) is 19.0 Å². The highest BCUT2D eigenvalue weighted by atomic mass is 35.6. The Labute approximate surface area is 164 Å². The van der Waals surface area contributed by atoms with Gasteiger partial charge in [0.2, 0.25) is 3.79 Å². The quantitative estimate of drug-likeness (QED) is 0.320. The van der Waals surface area contributed by atoms with Gasteiger partial charge in [-0.25, -0.2) is 9.55 Å². The first-order valence-electron chi connectivity index (χ1n) is 7.41. The van der Waals surface area contributed by atoms with Crippen molar-refractivity contribution in [2.75, 3.05) is 6.61 Å². The molecule has 2 aromatic rings. The molecule has 1 aromatic heterocycles. The molecule has 1 amide bonds. The SMILES string of the molecule is Cc1ncc([N+](=O)[O-])n1CCOC(NC(=O)c1ccccc1)C(Cl)(Cl)Cl. The molecule has 0 spiro atoms. The zero-order valence-electron chi connectivity index (χ0n) is 13.6. The fraction of sp³-hybridized carbons (Fsp3) is 0.333. The Balaban J connectivity index is 2.02. The van der Waals surface area contributed by atoms with E-state index in [9.17, 15) is 14.9 Å². The van der Waals surface area contributed by atoms with E-state index in [4.69, 9.17) is 39.5 Å². The number of carbonyl (C=O) groups is 1. The maximum atomic E-state index is 12.2.